The Kier molecular flexibility index (Phi) is 5.48. The van der Waals surface area contributed by atoms with Crippen molar-refractivity contribution in [1.82, 2.24) is 10.3 Å². The van der Waals surface area contributed by atoms with Crippen LogP contribution in [-0.2, 0) is 4.79 Å². The van der Waals surface area contributed by atoms with E-state index in [0.717, 1.165) is 6.42 Å². The zero-order valence-corrected chi connectivity index (χ0v) is 11.3. The molecule has 0 fully saturated rings. The summed E-state index contributed by atoms with van der Waals surface area (Å²) < 4.78 is 0. The van der Waals surface area contributed by atoms with Gasteiger partial charge in [-0.3, -0.25) is 14.6 Å². The van der Waals surface area contributed by atoms with E-state index in [-0.39, 0.29) is 17.7 Å². The van der Waals surface area contributed by atoms with Crippen LogP contribution in [0.15, 0.2) is 24.5 Å². The fourth-order valence-corrected chi connectivity index (χ4v) is 1.68. The van der Waals surface area contributed by atoms with Crippen LogP contribution in [0.25, 0.3) is 0 Å². The number of aliphatic carboxylic acids is 1. The number of carboxylic acids is 1. The first kappa shape index (κ1) is 15.1. The molecule has 1 amide bonds. The van der Waals surface area contributed by atoms with Gasteiger partial charge in [-0.2, -0.15) is 0 Å². The Morgan fingerprint density at radius 3 is 2.68 bits per heavy atom. The van der Waals surface area contributed by atoms with E-state index in [0.29, 0.717) is 18.5 Å². The quantitative estimate of drug-likeness (QED) is 0.790. The Morgan fingerprint density at radius 2 is 2.11 bits per heavy atom. The van der Waals surface area contributed by atoms with Gasteiger partial charge < -0.3 is 10.4 Å². The number of pyridine rings is 1. The number of carboxylic acid groups (broad SMARTS) is 1. The fraction of sp³-hybridized carbons (Fsp3) is 0.500. The molecular formula is C14H20N2O3. The molecule has 0 aromatic carbocycles. The van der Waals surface area contributed by atoms with Crippen LogP contribution in [0.3, 0.4) is 0 Å². The maximum Gasteiger partial charge on any atom is 0.303 e. The molecule has 5 heteroatoms. The summed E-state index contributed by atoms with van der Waals surface area (Å²) in [4.78, 5) is 26.2. The highest BCUT2D eigenvalue weighted by Crippen LogP contribution is 2.25. The molecule has 1 aromatic rings. The number of amides is 1. The van der Waals surface area contributed by atoms with Crippen LogP contribution in [0, 0.1) is 5.41 Å². The number of aromatic nitrogens is 1. The third-order valence-electron chi connectivity index (χ3n) is 3.03. The normalized spacial score (nSPS) is 11.1. The summed E-state index contributed by atoms with van der Waals surface area (Å²) in [5.74, 6) is -0.936. The second-order valence-electron chi connectivity index (χ2n) is 5.31. The third-order valence-corrected chi connectivity index (χ3v) is 3.03. The molecular weight excluding hydrogens is 244 g/mol. The van der Waals surface area contributed by atoms with Gasteiger partial charge in [0.05, 0.1) is 5.56 Å². The molecule has 0 unspecified atom stereocenters. The topological polar surface area (TPSA) is 79.3 Å². The number of hydrogen-bond donors (Lipinski definition) is 2. The summed E-state index contributed by atoms with van der Waals surface area (Å²) >= 11 is 0. The summed E-state index contributed by atoms with van der Waals surface area (Å²) in [5, 5.41) is 11.5. The summed E-state index contributed by atoms with van der Waals surface area (Å²) in [6.07, 6.45) is 4.64. The van der Waals surface area contributed by atoms with E-state index in [1.807, 2.05) is 13.8 Å². The van der Waals surface area contributed by atoms with Crippen molar-refractivity contribution in [2.45, 2.75) is 33.1 Å². The van der Waals surface area contributed by atoms with E-state index in [2.05, 4.69) is 10.3 Å². The number of nitrogens with one attached hydrogen (secondary N) is 1. The van der Waals surface area contributed by atoms with Crippen molar-refractivity contribution in [3.63, 3.8) is 0 Å². The minimum absolute atomic E-state index is 0.0966. The first-order valence-corrected chi connectivity index (χ1v) is 6.31. The lowest BCUT2D eigenvalue weighted by Crippen LogP contribution is -2.28. The Bertz CT molecular complexity index is 430. The highest BCUT2D eigenvalue weighted by molar-refractivity contribution is 5.93. The van der Waals surface area contributed by atoms with Gasteiger partial charge in [-0.1, -0.05) is 13.8 Å². The summed E-state index contributed by atoms with van der Waals surface area (Å²) in [7, 11) is 0. The van der Waals surface area contributed by atoms with Gasteiger partial charge in [-0.15, -0.1) is 0 Å². The van der Waals surface area contributed by atoms with Crippen molar-refractivity contribution < 1.29 is 14.7 Å². The van der Waals surface area contributed by atoms with Gasteiger partial charge in [0.2, 0.25) is 0 Å². The smallest absolute Gasteiger partial charge is 0.303 e. The van der Waals surface area contributed by atoms with E-state index in [4.69, 9.17) is 5.11 Å². The molecule has 1 rings (SSSR count). The zero-order chi connectivity index (χ0) is 14.3. The van der Waals surface area contributed by atoms with Gasteiger partial charge in [0.1, 0.15) is 0 Å². The van der Waals surface area contributed by atoms with Crippen molar-refractivity contribution >= 4 is 11.9 Å². The van der Waals surface area contributed by atoms with Gasteiger partial charge in [-0.05, 0) is 30.4 Å². The van der Waals surface area contributed by atoms with Gasteiger partial charge in [-0.25, -0.2) is 0 Å². The number of nitrogens with zero attached hydrogens (tertiary/aromatic N) is 1. The standard InChI is InChI=1S/C14H20N2O3/c1-14(2,6-5-12(17)18)7-9-16-13(19)11-4-3-8-15-10-11/h3-4,8,10H,5-7,9H2,1-2H3,(H,16,19)(H,17,18). The molecule has 0 aliphatic heterocycles. The molecule has 0 spiro atoms. The number of carbonyl (C=O) groups excluding carboxylic acids is 1. The Hall–Kier alpha value is -1.91. The SMILES string of the molecule is CC(C)(CCNC(=O)c1cccnc1)CCC(=O)O. The number of carbonyl (C=O) groups is 2. The van der Waals surface area contributed by atoms with Crippen LogP contribution in [0.1, 0.15) is 43.5 Å². The molecule has 5 nitrogen and oxygen atoms in total. The van der Waals surface area contributed by atoms with Crippen LogP contribution in [0.4, 0.5) is 0 Å². The van der Waals surface area contributed by atoms with E-state index in [9.17, 15) is 9.59 Å². The van der Waals surface area contributed by atoms with Crippen LogP contribution >= 0.6 is 0 Å². The first-order chi connectivity index (χ1) is 8.91. The molecule has 0 aliphatic carbocycles. The lowest BCUT2D eigenvalue weighted by Gasteiger charge is -2.23. The van der Waals surface area contributed by atoms with Gasteiger partial charge in [0.15, 0.2) is 0 Å². The molecule has 0 atom stereocenters. The third kappa shape index (κ3) is 5.99. The average molecular weight is 264 g/mol. The highest BCUT2D eigenvalue weighted by Gasteiger charge is 2.19. The Labute approximate surface area is 113 Å². The van der Waals surface area contributed by atoms with E-state index >= 15 is 0 Å². The fourth-order valence-electron chi connectivity index (χ4n) is 1.68. The largest absolute Gasteiger partial charge is 0.481 e. The molecule has 0 radical (unpaired) electrons. The second-order valence-corrected chi connectivity index (χ2v) is 5.31. The molecule has 0 bridgehead atoms. The molecule has 0 saturated heterocycles. The molecule has 2 N–H and O–H groups in total. The Morgan fingerprint density at radius 1 is 1.37 bits per heavy atom. The van der Waals surface area contributed by atoms with Gasteiger partial charge in [0, 0.05) is 25.4 Å². The minimum atomic E-state index is -0.785. The van der Waals surface area contributed by atoms with Gasteiger partial charge >= 0.3 is 5.97 Å². The van der Waals surface area contributed by atoms with Crippen LogP contribution in [0.5, 0.6) is 0 Å². The second kappa shape index (κ2) is 6.87. The summed E-state index contributed by atoms with van der Waals surface area (Å²) in [6, 6.07) is 3.42. The van der Waals surface area contributed by atoms with E-state index < -0.39 is 5.97 Å². The summed E-state index contributed by atoms with van der Waals surface area (Å²) in [5.41, 5.74) is 0.437. The predicted octanol–water partition coefficient (Wildman–Crippen LogP) is 2.09. The average Bonchev–Trinajstić information content (AvgIpc) is 2.37. The highest BCUT2D eigenvalue weighted by atomic mass is 16.4. The molecule has 19 heavy (non-hydrogen) atoms. The maximum absolute atomic E-state index is 11.8. The van der Waals surface area contributed by atoms with Crippen LogP contribution in [0.2, 0.25) is 0 Å². The van der Waals surface area contributed by atoms with Crippen molar-refractivity contribution in [3.05, 3.63) is 30.1 Å². The first-order valence-electron chi connectivity index (χ1n) is 6.31. The molecule has 0 saturated carbocycles. The van der Waals surface area contributed by atoms with Crippen molar-refractivity contribution in [2.75, 3.05) is 6.54 Å². The minimum Gasteiger partial charge on any atom is -0.481 e. The maximum atomic E-state index is 11.8. The zero-order valence-electron chi connectivity index (χ0n) is 11.3. The molecule has 104 valence electrons. The lowest BCUT2D eigenvalue weighted by molar-refractivity contribution is -0.137. The molecule has 1 heterocycles. The van der Waals surface area contributed by atoms with Crippen molar-refractivity contribution in [2.24, 2.45) is 5.41 Å². The Balaban J connectivity index is 2.33. The number of rotatable bonds is 7. The van der Waals surface area contributed by atoms with Crippen LogP contribution in [-0.4, -0.2) is 28.5 Å². The van der Waals surface area contributed by atoms with E-state index in [1.54, 1.807) is 18.3 Å². The summed E-state index contributed by atoms with van der Waals surface area (Å²) in [6.45, 7) is 4.54. The van der Waals surface area contributed by atoms with Crippen molar-refractivity contribution in [3.8, 4) is 0 Å². The molecule has 0 aliphatic rings. The monoisotopic (exact) mass is 264 g/mol. The molecule has 1 aromatic heterocycles. The number of hydrogen-bond acceptors (Lipinski definition) is 3. The lowest BCUT2D eigenvalue weighted by atomic mass is 9.84. The predicted molar refractivity (Wildman–Crippen MR) is 71.8 cm³/mol. The van der Waals surface area contributed by atoms with Crippen molar-refractivity contribution in [1.29, 1.82) is 0 Å². The van der Waals surface area contributed by atoms with Crippen LogP contribution < -0.4 is 5.32 Å². The van der Waals surface area contributed by atoms with Gasteiger partial charge in [0.25, 0.3) is 5.91 Å². The van der Waals surface area contributed by atoms with E-state index in [1.165, 1.54) is 6.20 Å².